The van der Waals surface area contributed by atoms with Crippen molar-refractivity contribution in [1.29, 1.82) is 0 Å². The number of rotatable bonds is 17. The second-order valence-corrected chi connectivity index (χ2v) is 5.09. The van der Waals surface area contributed by atoms with Crippen LogP contribution in [0.1, 0.15) is 6.42 Å². The highest BCUT2D eigenvalue weighted by Gasteiger charge is 2.07. The normalized spacial score (nSPS) is 13.0. The average Bonchev–Trinajstić information content (AvgIpc) is 2.51. The van der Waals surface area contributed by atoms with Crippen LogP contribution < -0.4 is 0 Å². The van der Waals surface area contributed by atoms with Gasteiger partial charge < -0.3 is 33.7 Å². The Labute approximate surface area is 134 Å². The molecule has 0 saturated heterocycles. The van der Waals surface area contributed by atoms with E-state index >= 15 is 0 Å². The lowest BCUT2D eigenvalue weighted by molar-refractivity contribution is -0.0296. The van der Waals surface area contributed by atoms with Gasteiger partial charge in [-0.3, -0.25) is 0 Å². The minimum atomic E-state index is 0.0438. The number of hydrogen-bond acceptors (Lipinski definition) is 7. The van der Waals surface area contributed by atoms with Crippen molar-refractivity contribution in [2.45, 2.75) is 12.5 Å². The first-order chi connectivity index (χ1) is 10.7. The van der Waals surface area contributed by atoms with Crippen molar-refractivity contribution in [2.24, 2.45) is 0 Å². The van der Waals surface area contributed by atoms with Crippen LogP contribution in [0, 0.1) is 0 Å². The maximum absolute atomic E-state index is 8.51. The van der Waals surface area contributed by atoms with Crippen molar-refractivity contribution in [2.75, 3.05) is 87.2 Å². The van der Waals surface area contributed by atoms with Crippen molar-refractivity contribution >= 4 is 0 Å². The monoisotopic (exact) mass is 323 g/mol. The van der Waals surface area contributed by atoms with E-state index in [1.165, 1.54) is 0 Å². The van der Waals surface area contributed by atoms with Gasteiger partial charge in [-0.15, -0.1) is 0 Å². The summed E-state index contributed by atoms with van der Waals surface area (Å²) in [4.78, 5) is 2.13. The second kappa shape index (κ2) is 17.1. The van der Waals surface area contributed by atoms with Crippen LogP contribution in [0.2, 0.25) is 0 Å². The van der Waals surface area contributed by atoms with Gasteiger partial charge in [-0.05, 0) is 20.5 Å². The topological polar surface area (TPSA) is 69.6 Å². The molecule has 1 N–H and O–H groups in total. The van der Waals surface area contributed by atoms with Crippen LogP contribution in [0.3, 0.4) is 0 Å². The zero-order valence-electron chi connectivity index (χ0n) is 14.3. The summed E-state index contributed by atoms with van der Waals surface area (Å²) in [5.74, 6) is 0. The van der Waals surface area contributed by atoms with Crippen LogP contribution in [-0.2, 0) is 23.7 Å². The van der Waals surface area contributed by atoms with Crippen molar-refractivity contribution in [3.63, 3.8) is 0 Å². The molecule has 7 heteroatoms. The summed E-state index contributed by atoms with van der Waals surface area (Å²) in [6, 6.07) is 0. The molecule has 0 radical (unpaired) electrons. The standard InChI is InChI=1S/C15H33NO6/c1-16(2)5-4-15(18-3)14-22-13-12-21-11-10-20-9-8-19-7-6-17/h15,17H,4-14H2,1-3H3. The Morgan fingerprint density at radius 2 is 1.32 bits per heavy atom. The van der Waals surface area contributed by atoms with Crippen molar-refractivity contribution in [3.05, 3.63) is 0 Å². The van der Waals surface area contributed by atoms with Crippen LogP contribution in [0.4, 0.5) is 0 Å². The molecule has 0 saturated carbocycles. The van der Waals surface area contributed by atoms with Crippen LogP contribution in [0.5, 0.6) is 0 Å². The number of nitrogens with zero attached hydrogens (tertiary/aromatic N) is 1. The van der Waals surface area contributed by atoms with E-state index in [1.54, 1.807) is 7.11 Å². The highest BCUT2D eigenvalue weighted by molar-refractivity contribution is 4.58. The molecule has 0 aliphatic carbocycles. The summed E-state index contributed by atoms with van der Waals surface area (Å²) in [6.45, 7) is 5.16. The molecule has 0 rings (SSSR count). The maximum Gasteiger partial charge on any atom is 0.0816 e. The molecular formula is C15H33NO6. The van der Waals surface area contributed by atoms with Gasteiger partial charge in [0.15, 0.2) is 0 Å². The van der Waals surface area contributed by atoms with E-state index in [4.69, 9.17) is 28.8 Å². The van der Waals surface area contributed by atoms with E-state index in [9.17, 15) is 0 Å². The first-order valence-corrected chi connectivity index (χ1v) is 7.80. The highest BCUT2D eigenvalue weighted by Crippen LogP contribution is 1.99. The first kappa shape index (κ1) is 21.7. The Kier molecular flexibility index (Phi) is 16.9. The quantitative estimate of drug-likeness (QED) is 0.378. The highest BCUT2D eigenvalue weighted by atomic mass is 16.6. The Hall–Kier alpha value is -0.280. The molecule has 0 spiro atoms. The van der Waals surface area contributed by atoms with E-state index in [1.807, 2.05) is 14.1 Å². The van der Waals surface area contributed by atoms with Gasteiger partial charge >= 0.3 is 0 Å². The molecule has 0 fully saturated rings. The number of methoxy groups -OCH3 is 1. The van der Waals surface area contributed by atoms with Crippen molar-refractivity contribution in [3.8, 4) is 0 Å². The Balaban J connectivity index is 3.21. The Morgan fingerprint density at radius 1 is 0.818 bits per heavy atom. The van der Waals surface area contributed by atoms with Gasteiger partial charge in [0.25, 0.3) is 0 Å². The SMILES string of the molecule is COC(CCN(C)C)COCCOCCOCCOCCO. The van der Waals surface area contributed by atoms with E-state index in [0.717, 1.165) is 13.0 Å². The fourth-order valence-electron chi connectivity index (χ4n) is 1.61. The van der Waals surface area contributed by atoms with E-state index < -0.39 is 0 Å². The number of aliphatic hydroxyl groups is 1. The fourth-order valence-corrected chi connectivity index (χ4v) is 1.61. The molecule has 134 valence electrons. The number of ether oxygens (including phenoxy) is 5. The fraction of sp³-hybridized carbons (Fsp3) is 1.00. The third-order valence-electron chi connectivity index (χ3n) is 2.89. The summed E-state index contributed by atoms with van der Waals surface area (Å²) < 4.78 is 26.7. The lowest BCUT2D eigenvalue weighted by Crippen LogP contribution is -2.25. The Morgan fingerprint density at radius 3 is 1.77 bits per heavy atom. The molecule has 1 unspecified atom stereocenters. The van der Waals surface area contributed by atoms with Gasteiger partial charge in [-0.2, -0.15) is 0 Å². The molecule has 0 bridgehead atoms. The molecule has 7 nitrogen and oxygen atoms in total. The van der Waals surface area contributed by atoms with Gasteiger partial charge in [0.05, 0.1) is 65.6 Å². The molecule has 1 atom stereocenters. The van der Waals surface area contributed by atoms with E-state index in [0.29, 0.717) is 52.9 Å². The summed E-state index contributed by atoms with van der Waals surface area (Å²) in [5.41, 5.74) is 0. The summed E-state index contributed by atoms with van der Waals surface area (Å²) in [7, 11) is 5.80. The minimum Gasteiger partial charge on any atom is -0.394 e. The van der Waals surface area contributed by atoms with Crippen molar-refractivity contribution < 1.29 is 28.8 Å². The molecule has 0 aliphatic heterocycles. The minimum absolute atomic E-state index is 0.0438. The molecule has 0 aromatic heterocycles. The summed E-state index contributed by atoms with van der Waals surface area (Å²) in [5, 5.41) is 8.51. The maximum atomic E-state index is 8.51. The molecule has 0 aromatic carbocycles. The third-order valence-corrected chi connectivity index (χ3v) is 2.89. The van der Waals surface area contributed by atoms with Gasteiger partial charge in [0.1, 0.15) is 0 Å². The van der Waals surface area contributed by atoms with E-state index in [2.05, 4.69) is 4.90 Å². The summed E-state index contributed by atoms with van der Waals surface area (Å²) in [6.07, 6.45) is 1.08. The lowest BCUT2D eigenvalue weighted by Gasteiger charge is -2.18. The molecule has 22 heavy (non-hydrogen) atoms. The lowest BCUT2D eigenvalue weighted by atomic mass is 10.2. The zero-order chi connectivity index (χ0) is 16.5. The first-order valence-electron chi connectivity index (χ1n) is 7.80. The molecule has 0 amide bonds. The smallest absolute Gasteiger partial charge is 0.0816 e. The molecule has 0 aromatic rings. The van der Waals surface area contributed by atoms with Gasteiger partial charge in [-0.1, -0.05) is 0 Å². The Bertz CT molecular complexity index is 218. The van der Waals surface area contributed by atoms with Gasteiger partial charge in [0, 0.05) is 13.7 Å². The molecule has 0 heterocycles. The summed E-state index contributed by atoms with van der Waals surface area (Å²) >= 11 is 0. The number of aliphatic hydroxyl groups excluding tert-OH is 1. The van der Waals surface area contributed by atoms with Gasteiger partial charge in [-0.25, -0.2) is 0 Å². The van der Waals surface area contributed by atoms with Crippen LogP contribution in [-0.4, -0.2) is 103 Å². The van der Waals surface area contributed by atoms with Gasteiger partial charge in [0.2, 0.25) is 0 Å². The number of hydrogen-bond donors (Lipinski definition) is 1. The largest absolute Gasteiger partial charge is 0.394 e. The predicted octanol–water partition coefficient (Wildman–Crippen LogP) is 0.0118. The van der Waals surface area contributed by atoms with Crippen LogP contribution >= 0.6 is 0 Å². The second-order valence-electron chi connectivity index (χ2n) is 5.09. The molecule has 0 aliphatic rings. The van der Waals surface area contributed by atoms with Crippen molar-refractivity contribution in [1.82, 2.24) is 4.90 Å². The van der Waals surface area contributed by atoms with E-state index in [-0.39, 0.29) is 12.7 Å². The third kappa shape index (κ3) is 16.1. The van der Waals surface area contributed by atoms with Crippen LogP contribution in [0.25, 0.3) is 0 Å². The van der Waals surface area contributed by atoms with Crippen LogP contribution in [0.15, 0.2) is 0 Å². The molecular weight excluding hydrogens is 290 g/mol. The zero-order valence-corrected chi connectivity index (χ0v) is 14.3. The predicted molar refractivity (Wildman–Crippen MR) is 84.3 cm³/mol. The average molecular weight is 323 g/mol.